The van der Waals surface area contributed by atoms with E-state index < -0.39 is 12.0 Å². The summed E-state index contributed by atoms with van der Waals surface area (Å²) in [7, 11) is 0. The molecule has 1 unspecified atom stereocenters. The summed E-state index contributed by atoms with van der Waals surface area (Å²) in [6.07, 6.45) is 0.522. The average molecular weight is 173 g/mol. The summed E-state index contributed by atoms with van der Waals surface area (Å²) >= 11 is 1.56. The first-order valence-electron chi connectivity index (χ1n) is 3.35. The van der Waals surface area contributed by atoms with Crippen LogP contribution in [0.25, 0.3) is 0 Å². The Hall–Kier alpha value is -0.710. The van der Waals surface area contributed by atoms with E-state index in [1.807, 2.05) is 0 Å². The Bertz CT molecular complexity index is 222. The predicted molar refractivity (Wildman–Crippen MR) is 39.1 cm³/mol. The summed E-state index contributed by atoms with van der Waals surface area (Å²) in [6.45, 7) is 0. The van der Waals surface area contributed by atoms with Crippen molar-refractivity contribution < 1.29 is 14.7 Å². The molecule has 0 aromatic rings. The van der Waals surface area contributed by atoms with E-state index in [1.165, 1.54) is 4.90 Å². The number of hydrogen-bond donors (Lipinski definition) is 1. The van der Waals surface area contributed by atoms with Gasteiger partial charge in [-0.2, -0.15) is 0 Å². The average Bonchev–Trinajstić information content (AvgIpc) is 2.25. The lowest BCUT2D eigenvalue weighted by molar-refractivity contribution is -0.155. The van der Waals surface area contributed by atoms with Crippen molar-refractivity contribution in [3.63, 3.8) is 0 Å². The van der Waals surface area contributed by atoms with Crippen LogP contribution in [-0.2, 0) is 9.59 Å². The van der Waals surface area contributed by atoms with Crippen LogP contribution in [0.2, 0.25) is 0 Å². The predicted octanol–water partition coefficient (Wildman–Crippen LogP) is -0.255. The van der Waals surface area contributed by atoms with Crippen LogP contribution >= 0.6 is 11.8 Å². The zero-order valence-electron chi connectivity index (χ0n) is 5.69. The maximum absolute atomic E-state index is 10.9. The second kappa shape index (κ2) is 2.14. The van der Waals surface area contributed by atoms with Crippen LogP contribution in [0.1, 0.15) is 6.42 Å². The molecule has 2 aliphatic heterocycles. The maximum atomic E-state index is 10.9. The second-order valence-corrected chi connectivity index (χ2v) is 3.86. The first kappa shape index (κ1) is 6.97. The van der Waals surface area contributed by atoms with Gasteiger partial charge in [0.2, 0.25) is 5.91 Å². The molecule has 2 aliphatic rings. The molecule has 0 aromatic heterocycles. The minimum absolute atomic E-state index is 0.0209. The zero-order chi connectivity index (χ0) is 8.01. The lowest BCUT2D eigenvalue weighted by Crippen LogP contribution is -2.54. The van der Waals surface area contributed by atoms with E-state index in [1.54, 1.807) is 11.8 Å². The minimum Gasteiger partial charge on any atom is -0.480 e. The number of hydrogen-bond acceptors (Lipinski definition) is 3. The van der Waals surface area contributed by atoms with E-state index in [0.717, 1.165) is 0 Å². The van der Waals surface area contributed by atoms with Crippen molar-refractivity contribution in [1.29, 1.82) is 0 Å². The highest BCUT2D eigenvalue weighted by molar-refractivity contribution is 8.00. The summed E-state index contributed by atoms with van der Waals surface area (Å²) < 4.78 is 0. The fourth-order valence-electron chi connectivity index (χ4n) is 1.39. The molecule has 2 saturated heterocycles. The van der Waals surface area contributed by atoms with Crippen LogP contribution in [0, 0.1) is 0 Å². The lowest BCUT2D eigenvalue weighted by atomic mass is 10.1. The Labute approximate surface area is 67.6 Å². The first-order chi connectivity index (χ1) is 5.20. The number of carboxylic acids is 1. The SMILES string of the molecule is O=C(O)C1CS[C@@H]2CC(=O)N12. The quantitative estimate of drug-likeness (QED) is 0.555. The maximum Gasteiger partial charge on any atom is 0.327 e. The van der Waals surface area contributed by atoms with Crippen LogP contribution in [-0.4, -0.2) is 39.1 Å². The van der Waals surface area contributed by atoms with Crippen LogP contribution in [0.3, 0.4) is 0 Å². The normalized spacial score (nSPS) is 34.9. The number of nitrogens with zero attached hydrogens (tertiary/aromatic N) is 1. The Morgan fingerprint density at radius 2 is 2.45 bits per heavy atom. The third kappa shape index (κ3) is 0.837. The smallest absolute Gasteiger partial charge is 0.327 e. The van der Waals surface area contributed by atoms with Gasteiger partial charge in [0.05, 0.1) is 11.8 Å². The summed E-state index contributed by atoms with van der Waals surface area (Å²) in [6, 6.07) is -0.564. The van der Waals surface area contributed by atoms with E-state index in [4.69, 9.17) is 5.11 Å². The first-order valence-corrected chi connectivity index (χ1v) is 4.40. The number of carboxylic acid groups (broad SMARTS) is 1. The van der Waals surface area contributed by atoms with E-state index in [0.29, 0.717) is 12.2 Å². The van der Waals surface area contributed by atoms with Crippen molar-refractivity contribution in [3.05, 3.63) is 0 Å². The summed E-state index contributed by atoms with van der Waals surface area (Å²) in [5.74, 6) is -0.355. The molecular weight excluding hydrogens is 166 g/mol. The van der Waals surface area contributed by atoms with Crippen LogP contribution in [0.4, 0.5) is 0 Å². The van der Waals surface area contributed by atoms with E-state index in [-0.39, 0.29) is 11.3 Å². The minimum atomic E-state index is -0.881. The van der Waals surface area contributed by atoms with Crippen LogP contribution in [0.5, 0.6) is 0 Å². The molecule has 2 fully saturated rings. The Kier molecular flexibility index (Phi) is 1.35. The fraction of sp³-hybridized carbons (Fsp3) is 0.667. The number of carbonyl (C=O) groups excluding carboxylic acids is 1. The molecule has 0 aromatic carbocycles. The summed E-state index contributed by atoms with van der Waals surface area (Å²) in [5, 5.41) is 8.80. The molecule has 60 valence electrons. The van der Waals surface area contributed by atoms with Gasteiger partial charge in [0.1, 0.15) is 6.04 Å². The number of thioether (sulfide) groups is 1. The van der Waals surface area contributed by atoms with Crippen LogP contribution in [0.15, 0.2) is 0 Å². The highest BCUT2D eigenvalue weighted by atomic mass is 32.2. The Balaban J connectivity index is 2.14. The van der Waals surface area contributed by atoms with Gasteiger partial charge in [0.25, 0.3) is 0 Å². The van der Waals surface area contributed by atoms with Gasteiger partial charge in [-0.1, -0.05) is 0 Å². The van der Waals surface area contributed by atoms with Gasteiger partial charge < -0.3 is 10.0 Å². The topological polar surface area (TPSA) is 57.6 Å². The molecule has 5 heteroatoms. The van der Waals surface area contributed by atoms with Crippen molar-refractivity contribution in [2.45, 2.75) is 17.8 Å². The molecule has 2 rings (SSSR count). The summed E-state index contributed by atoms with van der Waals surface area (Å²) in [4.78, 5) is 22.9. The van der Waals surface area contributed by atoms with Gasteiger partial charge >= 0.3 is 5.97 Å². The number of β-lactam (4-membered cyclic amide) rings is 1. The highest BCUT2D eigenvalue weighted by Crippen LogP contribution is 2.38. The molecule has 0 spiro atoms. The fourth-order valence-corrected chi connectivity index (χ4v) is 2.78. The van der Waals surface area contributed by atoms with Gasteiger partial charge in [-0.3, -0.25) is 4.79 Å². The molecular formula is C6H7NO3S. The van der Waals surface area contributed by atoms with Crippen molar-refractivity contribution in [2.75, 3.05) is 5.75 Å². The Morgan fingerprint density at radius 3 is 2.91 bits per heavy atom. The Morgan fingerprint density at radius 1 is 1.73 bits per heavy atom. The highest BCUT2D eigenvalue weighted by Gasteiger charge is 2.49. The number of fused-ring (bicyclic) bond motifs is 1. The third-order valence-corrected chi connectivity index (χ3v) is 3.30. The van der Waals surface area contributed by atoms with Crippen molar-refractivity contribution in [3.8, 4) is 0 Å². The molecule has 4 nitrogen and oxygen atoms in total. The van der Waals surface area contributed by atoms with Gasteiger partial charge in [-0.15, -0.1) is 11.8 Å². The number of amides is 1. The third-order valence-electron chi connectivity index (χ3n) is 2.01. The monoisotopic (exact) mass is 173 g/mol. The molecule has 0 radical (unpaired) electrons. The van der Waals surface area contributed by atoms with E-state index in [9.17, 15) is 9.59 Å². The molecule has 0 aliphatic carbocycles. The van der Waals surface area contributed by atoms with Gasteiger partial charge in [0, 0.05) is 5.75 Å². The van der Waals surface area contributed by atoms with Gasteiger partial charge in [-0.25, -0.2) is 4.79 Å². The van der Waals surface area contributed by atoms with Crippen molar-refractivity contribution in [1.82, 2.24) is 4.90 Å². The van der Waals surface area contributed by atoms with Gasteiger partial charge in [-0.05, 0) is 0 Å². The van der Waals surface area contributed by atoms with Crippen LogP contribution < -0.4 is 0 Å². The molecule has 11 heavy (non-hydrogen) atoms. The molecule has 2 heterocycles. The van der Waals surface area contributed by atoms with Crippen molar-refractivity contribution in [2.24, 2.45) is 0 Å². The van der Waals surface area contributed by atoms with Crippen molar-refractivity contribution >= 4 is 23.6 Å². The standard InChI is InChI=1S/C6H7NO3S/c8-4-1-5-7(4)3(2-11-5)6(9)10/h3,5H,1-2H2,(H,9,10)/t3?,5-/m1/s1. The molecule has 2 atom stereocenters. The molecule has 1 amide bonds. The number of aliphatic carboxylic acids is 1. The van der Waals surface area contributed by atoms with Gasteiger partial charge in [0.15, 0.2) is 0 Å². The zero-order valence-corrected chi connectivity index (χ0v) is 6.50. The van der Waals surface area contributed by atoms with E-state index >= 15 is 0 Å². The molecule has 1 N–H and O–H groups in total. The number of rotatable bonds is 1. The summed E-state index contributed by atoms with van der Waals surface area (Å²) in [5.41, 5.74) is 0. The number of carbonyl (C=O) groups is 2. The molecule has 0 saturated carbocycles. The van der Waals surface area contributed by atoms with E-state index in [2.05, 4.69) is 0 Å². The second-order valence-electron chi connectivity index (χ2n) is 2.65. The lowest BCUT2D eigenvalue weighted by Gasteiger charge is -2.35. The molecule has 0 bridgehead atoms. The largest absolute Gasteiger partial charge is 0.480 e.